The van der Waals surface area contributed by atoms with E-state index in [1.165, 1.54) is 0 Å². The van der Waals surface area contributed by atoms with Crippen LogP contribution in [0.1, 0.15) is 37.1 Å². The molecule has 0 fully saturated rings. The average molecular weight is 435 g/mol. The van der Waals surface area contributed by atoms with Crippen LogP contribution in [0.2, 0.25) is 0 Å². The van der Waals surface area contributed by atoms with Gasteiger partial charge in [-0.2, -0.15) is 0 Å². The van der Waals surface area contributed by atoms with Crippen molar-refractivity contribution in [3.63, 3.8) is 0 Å². The van der Waals surface area contributed by atoms with Crippen molar-refractivity contribution in [1.29, 1.82) is 0 Å². The molecule has 0 aliphatic heterocycles. The molecule has 0 spiro atoms. The second kappa shape index (κ2) is 11.2. The second-order valence-electron chi connectivity index (χ2n) is 7.26. The van der Waals surface area contributed by atoms with E-state index in [0.717, 1.165) is 22.6 Å². The topological polar surface area (TPSA) is 68.8 Å². The van der Waals surface area contributed by atoms with Crippen LogP contribution < -0.4 is 24.8 Å². The standard InChI is InChI=1S/C26H30N2O4/c1-5-32-24-14-10-9-13-22(24)28-26(29)25(19-11-7-6-8-12-19)27-18(2)21-17-20(30-3)15-16-23(21)31-4/h6-18,25,27H,5H2,1-4H3,(H,28,29). The molecule has 3 aromatic carbocycles. The molecule has 0 aliphatic carbocycles. The second-order valence-corrected chi connectivity index (χ2v) is 7.26. The minimum absolute atomic E-state index is 0.183. The average Bonchev–Trinajstić information content (AvgIpc) is 2.83. The Morgan fingerprint density at radius 2 is 1.62 bits per heavy atom. The molecule has 0 aliphatic rings. The summed E-state index contributed by atoms with van der Waals surface area (Å²) in [4.78, 5) is 13.4. The van der Waals surface area contributed by atoms with Gasteiger partial charge in [0.15, 0.2) is 0 Å². The summed E-state index contributed by atoms with van der Waals surface area (Å²) in [5, 5.41) is 6.48. The Balaban J connectivity index is 1.90. The fraction of sp³-hybridized carbons (Fsp3) is 0.269. The van der Waals surface area contributed by atoms with Gasteiger partial charge >= 0.3 is 0 Å². The summed E-state index contributed by atoms with van der Waals surface area (Å²) in [6.07, 6.45) is 0. The van der Waals surface area contributed by atoms with Crippen LogP contribution in [0.3, 0.4) is 0 Å². The molecule has 0 bridgehead atoms. The molecule has 6 heteroatoms. The number of anilines is 1. The van der Waals surface area contributed by atoms with Crippen LogP contribution in [-0.2, 0) is 4.79 Å². The van der Waals surface area contributed by atoms with E-state index in [9.17, 15) is 4.79 Å². The van der Waals surface area contributed by atoms with Crippen molar-refractivity contribution in [3.05, 3.63) is 83.9 Å². The largest absolute Gasteiger partial charge is 0.497 e. The summed E-state index contributed by atoms with van der Waals surface area (Å²) in [6.45, 7) is 4.42. The van der Waals surface area contributed by atoms with Crippen LogP contribution in [0.4, 0.5) is 5.69 Å². The number of hydrogen-bond acceptors (Lipinski definition) is 5. The Labute approximate surface area is 189 Å². The highest BCUT2D eigenvalue weighted by Gasteiger charge is 2.25. The van der Waals surface area contributed by atoms with Gasteiger partial charge in [-0.3, -0.25) is 10.1 Å². The van der Waals surface area contributed by atoms with E-state index in [2.05, 4.69) is 10.6 Å². The van der Waals surface area contributed by atoms with Gasteiger partial charge in [-0.05, 0) is 49.7 Å². The molecule has 2 unspecified atom stereocenters. The Bertz CT molecular complexity index is 1020. The number of para-hydroxylation sites is 2. The van der Waals surface area contributed by atoms with E-state index in [1.54, 1.807) is 14.2 Å². The van der Waals surface area contributed by atoms with E-state index < -0.39 is 6.04 Å². The van der Waals surface area contributed by atoms with Crippen molar-refractivity contribution < 1.29 is 19.0 Å². The smallest absolute Gasteiger partial charge is 0.246 e. The third-order valence-electron chi connectivity index (χ3n) is 5.16. The van der Waals surface area contributed by atoms with Crippen molar-refractivity contribution >= 4 is 11.6 Å². The third kappa shape index (κ3) is 5.59. The van der Waals surface area contributed by atoms with Gasteiger partial charge < -0.3 is 19.5 Å². The lowest BCUT2D eigenvalue weighted by atomic mass is 10.0. The predicted molar refractivity (Wildman–Crippen MR) is 127 cm³/mol. The number of ether oxygens (including phenoxy) is 3. The van der Waals surface area contributed by atoms with Gasteiger partial charge in [0, 0.05) is 11.6 Å². The van der Waals surface area contributed by atoms with Crippen molar-refractivity contribution in [3.8, 4) is 17.2 Å². The third-order valence-corrected chi connectivity index (χ3v) is 5.16. The number of carbonyl (C=O) groups excluding carboxylic acids is 1. The van der Waals surface area contributed by atoms with E-state index in [4.69, 9.17) is 14.2 Å². The molecule has 0 heterocycles. The quantitative estimate of drug-likeness (QED) is 0.463. The summed E-state index contributed by atoms with van der Waals surface area (Å²) in [5.41, 5.74) is 2.39. The molecule has 0 saturated heterocycles. The van der Waals surface area contributed by atoms with Gasteiger partial charge in [-0.15, -0.1) is 0 Å². The molecule has 0 aromatic heterocycles. The molecule has 0 saturated carbocycles. The van der Waals surface area contributed by atoms with E-state index >= 15 is 0 Å². The van der Waals surface area contributed by atoms with Crippen LogP contribution in [0.15, 0.2) is 72.8 Å². The Kier molecular flexibility index (Phi) is 8.11. The lowest BCUT2D eigenvalue weighted by molar-refractivity contribution is -0.118. The molecule has 0 radical (unpaired) electrons. The zero-order valence-electron chi connectivity index (χ0n) is 18.9. The molecule has 3 rings (SSSR count). The van der Waals surface area contributed by atoms with Crippen molar-refractivity contribution in [2.24, 2.45) is 0 Å². The molecule has 6 nitrogen and oxygen atoms in total. The molecule has 168 valence electrons. The monoisotopic (exact) mass is 434 g/mol. The Morgan fingerprint density at radius 1 is 0.906 bits per heavy atom. The van der Waals surface area contributed by atoms with Crippen molar-refractivity contribution in [2.45, 2.75) is 25.9 Å². The number of methoxy groups -OCH3 is 2. The summed E-state index contributed by atoms with van der Waals surface area (Å²) in [7, 11) is 3.25. The van der Waals surface area contributed by atoms with Gasteiger partial charge in [-0.25, -0.2) is 0 Å². The number of carbonyl (C=O) groups is 1. The van der Waals surface area contributed by atoms with Gasteiger partial charge in [0.1, 0.15) is 23.3 Å². The van der Waals surface area contributed by atoms with E-state index in [1.807, 2.05) is 86.6 Å². The number of nitrogens with one attached hydrogen (secondary N) is 2. The summed E-state index contributed by atoms with van der Waals surface area (Å²) in [5.74, 6) is 1.90. The maximum absolute atomic E-state index is 13.4. The zero-order valence-corrected chi connectivity index (χ0v) is 18.9. The zero-order chi connectivity index (χ0) is 22.9. The Hall–Kier alpha value is -3.51. The van der Waals surface area contributed by atoms with Crippen LogP contribution in [0.25, 0.3) is 0 Å². The van der Waals surface area contributed by atoms with E-state index in [-0.39, 0.29) is 11.9 Å². The molecular formula is C26H30N2O4. The molecule has 1 amide bonds. The van der Waals surface area contributed by atoms with Gasteiger partial charge in [0.25, 0.3) is 0 Å². The van der Waals surface area contributed by atoms with Crippen LogP contribution in [-0.4, -0.2) is 26.7 Å². The van der Waals surface area contributed by atoms with Crippen molar-refractivity contribution in [1.82, 2.24) is 5.32 Å². The number of amides is 1. The highest BCUT2D eigenvalue weighted by atomic mass is 16.5. The highest BCUT2D eigenvalue weighted by Crippen LogP contribution is 2.32. The normalized spacial score (nSPS) is 12.5. The van der Waals surface area contributed by atoms with Gasteiger partial charge in [0.2, 0.25) is 5.91 Å². The minimum atomic E-state index is -0.600. The summed E-state index contributed by atoms with van der Waals surface area (Å²) < 4.78 is 16.6. The summed E-state index contributed by atoms with van der Waals surface area (Å²) >= 11 is 0. The number of hydrogen-bond donors (Lipinski definition) is 2. The number of benzene rings is 3. The predicted octanol–water partition coefficient (Wildman–Crippen LogP) is 5.13. The molecule has 32 heavy (non-hydrogen) atoms. The minimum Gasteiger partial charge on any atom is -0.497 e. The number of rotatable bonds is 10. The molecular weight excluding hydrogens is 404 g/mol. The fourth-order valence-electron chi connectivity index (χ4n) is 3.54. The highest BCUT2D eigenvalue weighted by molar-refractivity contribution is 5.96. The maximum Gasteiger partial charge on any atom is 0.246 e. The van der Waals surface area contributed by atoms with Gasteiger partial charge in [-0.1, -0.05) is 42.5 Å². The molecule has 3 aromatic rings. The Morgan fingerprint density at radius 3 is 2.31 bits per heavy atom. The summed E-state index contributed by atoms with van der Waals surface area (Å²) in [6, 6.07) is 21.9. The molecule has 2 atom stereocenters. The van der Waals surface area contributed by atoms with Crippen LogP contribution in [0, 0.1) is 0 Å². The first-order valence-corrected chi connectivity index (χ1v) is 10.6. The van der Waals surface area contributed by atoms with Crippen LogP contribution >= 0.6 is 0 Å². The first-order chi connectivity index (χ1) is 15.6. The van der Waals surface area contributed by atoms with E-state index in [0.29, 0.717) is 18.0 Å². The lowest BCUT2D eigenvalue weighted by Crippen LogP contribution is -2.35. The fourth-order valence-corrected chi connectivity index (χ4v) is 3.54. The maximum atomic E-state index is 13.4. The SMILES string of the molecule is CCOc1ccccc1NC(=O)C(NC(C)c1cc(OC)ccc1OC)c1ccccc1. The molecule has 2 N–H and O–H groups in total. The lowest BCUT2D eigenvalue weighted by Gasteiger charge is -2.25. The first-order valence-electron chi connectivity index (χ1n) is 10.6. The first kappa shape index (κ1) is 23.2. The van der Waals surface area contributed by atoms with Gasteiger partial charge in [0.05, 0.1) is 26.5 Å². The van der Waals surface area contributed by atoms with Crippen LogP contribution in [0.5, 0.6) is 17.2 Å². The van der Waals surface area contributed by atoms with Crippen molar-refractivity contribution in [2.75, 3.05) is 26.1 Å².